The molecule has 0 fully saturated rings. The number of nitrogens with two attached hydrogens (primary N) is 1. The molecule has 5 heteroatoms. The summed E-state index contributed by atoms with van der Waals surface area (Å²) in [5.41, 5.74) is 5.46. The molecule has 0 aliphatic carbocycles. The molecule has 0 saturated carbocycles. The van der Waals surface area contributed by atoms with Gasteiger partial charge in [-0.3, -0.25) is 4.79 Å². The highest BCUT2D eigenvalue weighted by molar-refractivity contribution is 7.80. The second-order valence-corrected chi connectivity index (χ2v) is 4.63. The first-order valence-corrected chi connectivity index (χ1v) is 5.98. The van der Waals surface area contributed by atoms with Gasteiger partial charge in [-0.15, -0.1) is 0 Å². The number of amides is 1. The molecule has 1 aromatic rings. The highest BCUT2D eigenvalue weighted by atomic mass is 32.1. The minimum absolute atomic E-state index is 0.0385. The Bertz CT molecular complexity index is 376. The summed E-state index contributed by atoms with van der Waals surface area (Å²) >= 11 is 4.83. The van der Waals surface area contributed by atoms with E-state index in [-0.39, 0.29) is 11.9 Å². The summed E-state index contributed by atoms with van der Waals surface area (Å²) in [6.07, 6.45) is 3.22. The van der Waals surface area contributed by atoms with E-state index >= 15 is 0 Å². The van der Waals surface area contributed by atoms with Crippen molar-refractivity contribution in [3.05, 3.63) is 24.2 Å². The second kappa shape index (κ2) is 6.39. The number of furan rings is 1. The van der Waals surface area contributed by atoms with E-state index in [4.69, 9.17) is 22.4 Å². The van der Waals surface area contributed by atoms with Crippen molar-refractivity contribution < 1.29 is 9.21 Å². The first kappa shape index (κ1) is 13.7. The van der Waals surface area contributed by atoms with Gasteiger partial charge in [0, 0.05) is 32.4 Å². The van der Waals surface area contributed by atoms with Crippen molar-refractivity contribution in [2.45, 2.75) is 32.2 Å². The molecule has 1 amide bonds. The van der Waals surface area contributed by atoms with Crippen LogP contribution < -0.4 is 5.73 Å². The van der Waals surface area contributed by atoms with E-state index in [0.717, 1.165) is 5.76 Å². The molecule has 1 heterocycles. The molecule has 2 N–H and O–H groups in total. The van der Waals surface area contributed by atoms with E-state index in [1.54, 1.807) is 18.2 Å². The van der Waals surface area contributed by atoms with Crippen molar-refractivity contribution in [3.8, 4) is 0 Å². The molecule has 0 radical (unpaired) electrons. The van der Waals surface area contributed by atoms with E-state index in [0.29, 0.717) is 24.3 Å². The summed E-state index contributed by atoms with van der Waals surface area (Å²) in [6.45, 7) is 1.93. The van der Waals surface area contributed by atoms with E-state index in [9.17, 15) is 4.79 Å². The standard InChI is InChI=1S/C12H18N2O2S/c1-9(8-11(13)17)14(2)12(15)6-5-10-4-3-7-16-10/h3-4,7,9H,5-6,8H2,1-2H3,(H2,13,17). The van der Waals surface area contributed by atoms with Gasteiger partial charge in [-0.05, 0) is 19.1 Å². The fourth-order valence-corrected chi connectivity index (χ4v) is 1.78. The van der Waals surface area contributed by atoms with Crippen LogP contribution in [0.4, 0.5) is 0 Å². The fourth-order valence-electron chi connectivity index (χ4n) is 1.54. The Labute approximate surface area is 107 Å². The Morgan fingerprint density at radius 1 is 1.65 bits per heavy atom. The minimum atomic E-state index is 0.0385. The minimum Gasteiger partial charge on any atom is -0.469 e. The van der Waals surface area contributed by atoms with Gasteiger partial charge in [0.25, 0.3) is 0 Å². The summed E-state index contributed by atoms with van der Waals surface area (Å²) in [5.74, 6) is 0.902. The fraction of sp³-hybridized carbons (Fsp3) is 0.500. The normalized spacial score (nSPS) is 12.1. The van der Waals surface area contributed by atoms with Crippen molar-refractivity contribution in [2.75, 3.05) is 7.05 Å². The maximum absolute atomic E-state index is 11.9. The first-order valence-electron chi connectivity index (χ1n) is 5.57. The van der Waals surface area contributed by atoms with Crippen LogP contribution in [0.1, 0.15) is 25.5 Å². The molecule has 0 aliphatic rings. The quantitative estimate of drug-likeness (QED) is 0.785. The maximum atomic E-state index is 11.9. The summed E-state index contributed by atoms with van der Waals surface area (Å²) in [6, 6.07) is 3.72. The predicted molar refractivity (Wildman–Crippen MR) is 70.7 cm³/mol. The predicted octanol–water partition coefficient (Wildman–Crippen LogP) is 1.74. The average molecular weight is 254 g/mol. The number of rotatable bonds is 6. The Hall–Kier alpha value is -1.36. The molecular weight excluding hydrogens is 236 g/mol. The van der Waals surface area contributed by atoms with Crippen LogP contribution in [0.5, 0.6) is 0 Å². The topological polar surface area (TPSA) is 59.5 Å². The lowest BCUT2D eigenvalue weighted by Crippen LogP contribution is -2.37. The molecule has 94 valence electrons. The molecular formula is C12H18N2O2S. The molecule has 0 bridgehead atoms. The lowest BCUT2D eigenvalue weighted by molar-refractivity contribution is -0.131. The van der Waals surface area contributed by atoms with Crippen LogP contribution in [0.2, 0.25) is 0 Å². The van der Waals surface area contributed by atoms with Crippen molar-refractivity contribution in [1.29, 1.82) is 0 Å². The molecule has 0 spiro atoms. The summed E-state index contributed by atoms with van der Waals surface area (Å²) in [7, 11) is 1.77. The molecule has 1 rings (SSSR count). The Kier molecular flexibility index (Phi) is 5.15. The van der Waals surface area contributed by atoms with Crippen LogP contribution in [0, 0.1) is 0 Å². The van der Waals surface area contributed by atoms with Gasteiger partial charge >= 0.3 is 0 Å². The number of hydrogen-bond donors (Lipinski definition) is 1. The third-order valence-electron chi connectivity index (χ3n) is 2.72. The highest BCUT2D eigenvalue weighted by Crippen LogP contribution is 2.08. The zero-order chi connectivity index (χ0) is 12.8. The number of nitrogens with zero attached hydrogens (tertiary/aromatic N) is 1. The molecule has 1 atom stereocenters. The largest absolute Gasteiger partial charge is 0.469 e. The average Bonchev–Trinajstić information content (AvgIpc) is 2.76. The summed E-state index contributed by atoms with van der Waals surface area (Å²) < 4.78 is 5.18. The van der Waals surface area contributed by atoms with Gasteiger partial charge in [0.15, 0.2) is 0 Å². The van der Waals surface area contributed by atoms with Crippen molar-refractivity contribution in [2.24, 2.45) is 5.73 Å². The summed E-state index contributed by atoms with van der Waals surface area (Å²) in [5, 5.41) is 0. The van der Waals surface area contributed by atoms with Gasteiger partial charge in [-0.2, -0.15) is 0 Å². The third-order valence-corrected chi connectivity index (χ3v) is 2.88. The van der Waals surface area contributed by atoms with Crippen molar-refractivity contribution in [3.63, 3.8) is 0 Å². The molecule has 4 nitrogen and oxygen atoms in total. The second-order valence-electron chi connectivity index (χ2n) is 4.10. The first-order chi connectivity index (χ1) is 8.00. The van der Waals surface area contributed by atoms with Gasteiger partial charge in [-0.25, -0.2) is 0 Å². The van der Waals surface area contributed by atoms with Crippen LogP contribution >= 0.6 is 12.2 Å². The van der Waals surface area contributed by atoms with E-state index < -0.39 is 0 Å². The van der Waals surface area contributed by atoms with E-state index in [1.165, 1.54) is 0 Å². The number of thiocarbonyl (C=S) groups is 1. The molecule has 1 aromatic heterocycles. The highest BCUT2D eigenvalue weighted by Gasteiger charge is 2.16. The Balaban J connectivity index is 2.38. The van der Waals surface area contributed by atoms with Crippen molar-refractivity contribution >= 4 is 23.1 Å². The smallest absolute Gasteiger partial charge is 0.223 e. The third kappa shape index (κ3) is 4.56. The SMILES string of the molecule is CC(CC(N)=S)N(C)C(=O)CCc1ccco1. The molecule has 1 unspecified atom stereocenters. The Morgan fingerprint density at radius 3 is 2.88 bits per heavy atom. The van der Waals surface area contributed by atoms with Gasteiger partial charge in [-0.1, -0.05) is 12.2 Å². The van der Waals surface area contributed by atoms with Gasteiger partial charge < -0.3 is 15.1 Å². The molecule has 0 aliphatic heterocycles. The number of aryl methyl sites for hydroxylation is 1. The van der Waals surface area contributed by atoms with Crippen LogP contribution in [0.3, 0.4) is 0 Å². The zero-order valence-electron chi connectivity index (χ0n) is 10.2. The van der Waals surface area contributed by atoms with Crippen LogP contribution in [0.25, 0.3) is 0 Å². The monoisotopic (exact) mass is 254 g/mol. The van der Waals surface area contributed by atoms with Crippen LogP contribution in [-0.4, -0.2) is 28.9 Å². The van der Waals surface area contributed by atoms with Crippen LogP contribution in [0.15, 0.2) is 22.8 Å². The van der Waals surface area contributed by atoms with Gasteiger partial charge in [0.1, 0.15) is 5.76 Å². The van der Waals surface area contributed by atoms with Gasteiger partial charge in [0.2, 0.25) is 5.91 Å². The van der Waals surface area contributed by atoms with Crippen LogP contribution in [-0.2, 0) is 11.2 Å². The number of carbonyl (C=O) groups is 1. The lowest BCUT2D eigenvalue weighted by Gasteiger charge is -2.24. The van der Waals surface area contributed by atoms with Gasteiger partial charge in [0.05, 0.1) is 11.3 Å². The maximum Gasteiger partial charge on any atom is 0.223 e. The van der Waals surface area contributed by atoms with E-state index in [2.05, 4.69) is 0 Å². The van der Waals surface area contributed by atoms with Crippen molar-refractivity contribution in [1.82, 2.24) is 4.90 Å². The van der Waals surface area contributed by atoms with E-state index in [1.807, 2.05) is 19.1 Å². The lowest BCUT2D eigenvalue weighted by atomic mass is 10.1. The Morgan fingerprint density at radius 2 is 2.35 bits per heavy atom. The molecule has 0 saturated heterocycles. The summed E-state index contributed by atoms with van der Waals surface area (Å²) in [4.78, 5) is 14.0. The zero-order valence-corrected chi connectivity index (χ0v) is 11.0. The molecule has 0 aromatic carbocycles. The molecule has 17 heavy (non-hydrogen) atoms. The number of carbonyl (C=O) groups excluding carboxylic acids is 1. The number of hydrogen-bond acceptors (Lipinski definition) is 3.